The summed E-state index contributed by atoms with van der Waals surface area (Å²) in [5, 5.41) is 23.1. The molecular formula is C18H20N2O4. The zero-order valence-corrected chi connectivity index (χ0v) is 13.8. The van der Waals surface area contributed by atoms with Crippen LogP contribution in [0.1, 0.15) is 23.6 Å². The molecule has 126 valence electrons. The Labute approximate surface area is 140 Å². The van der Waals surface area contributed by atoms with Gasteiger partial charge in [0.2, 0.25) is 0 Å². The van der Waals surface area contributed by atoms with Crippen LogP contribution in [0.2, 0.25) is 0 Å². The highest BCUT2D eigenvalue weighted by atomic mass is 16.5. The first kappa shape index (κ1) is 17.3. The molecule has 0 unspecified atom stereocenters. The van der Waals surface area contributed by atoms with E-state index in [4.69, 9.17) is 4.74 Å². The highest BCUT2D eigenvalue weighted by molar-refractivity contribution is 6.01. The van der Waals surface area contributed by atoms with Gasteiger partial charge in [-0.3, -0.25) is 4.79 Å². The van der Waals surface area contributed by atoms with Crippen LogP contribution in [0.15, 0.2) is 41.5 Å². The van der Waals surface area contributed by atoms with Crippen LogP contribution in [0, 0.1) is 13.8 Å². The number of nitrogens with zero attached hydrogens (tertiary/aromatic N) is 1. The first-order chi connectivity index (χ1) is 11.4. The number of carbonyl (C=O) groups is 1. The molecule has 0 saturated carbocycles. The summed E-state index contributed by atoms with van der Waals surface area (Å²) in [6.45, 7) is 5.40. The molecule has 6 nitrogen and oxygen atoms in total. The van der Waals surface area contributed by atoms with Crippen molar-refractivity contribution in [2.24, 2.45) is 5.10 Å². The lowest BCUT2D eigenvalue weighted by Gasteiger charge is -2.08. The summed E-state index contributed by atoms with van der Waals surface area (Å²) in [5.74, 6) is 0.156. The van der Waals surface area contributed by atoms with E-state index in [-0.39, 0.29) is 18.1 Å². The summed E-state index contributed by atoms with van der Waals surface area (Å²) in [4.78, 5) is 11.8. The van der Waals surface area contributed by atoms with Gasteiger partial charge in [0.1, 0.15) is 17.2 Å². The number of rotatable bonds is 5. The Morgan fingerprint density at radius 3 is 2.58 bits per heavy atom. The van der Waals surface area contributed by atoms with Crippen molar-refractivity contribution in [3.63, 3.8) is 0 Å². The number of benzene rings is 2. The van der Waals surface area contributed by atoms with E-state index in [9.17, 15) is 15.0 Å². The average Bonchev–Trinajstić information content (AvgIpc) is 2.56. The average molecular weight is 328 g/mol. The number of aryl methyl sites for hydroxylation is 2. The fourth-order valence-electron chi connectivity index (χ4n) is 2.01. The number of ether oxygens (including phenoxy) is 1. The van der Waals surface area contributed by atoms with Crippen molar-refractivity contribution < 1.29 is 19.7 Å². The fraction of sp³-hybridized carbons (Fsp3) is 0.222. The van der Waals surface area contributed by atoms with Gasteiger partial charge in [0.15, 0.2) is 6.61 Å². The van der Waals surface area contributed by atoms with E-state index in [2.05, 4.69) is 10.5 Å². The molecule has 3 N–H and O–H groups in total. The van der Waals surface area contributed by atoms with Crippen molar-refractivity contribution >= 4 is 11.6 Å². The number of phenols is 2. The van der Waals surface area contributed by atoms with E-state index < -0.39 is 5.91 Å². The summed E-state index contributed by atoms with van der Waals surface area (Å²) in [5.41, 5.74) is 5.29. The van der Waals surface area contributed by atoms with Crippen LogP contribution in [0.25, 0.3) is 0 Å². The summed E-state index contributed by atoms with van der Waals surface area (Å²) in [6, 6.07) is 9.68. The third kappa shape index (κ3) is 4.49. The SMILES string of the molecule is C/C(=N\NC(=O)COc1ccc(C)c(C)c1)c1cc(O)ccc1O. The van der Waals surface area contributed by atoms with Gasteiger partial charge >= 0.3 is 0 Å². The first-order valence-corrected chi connectivity index (χ1v) is 7.42. The predicted octanol–water partition coefficient (Wildman–Crippen LogP) is 2.63. The van der Waals surface area contributed by atoms with Gasteiger partial charge in [0.05, 0.1) is 5.71 Å². The Morgan fingerprint density at radius 2 is 1.88 bits per heavy atom. The Kier molecular flexibility index (Phi) is 5.42. The predicted molar refractivity (Wildman–Crippen MR) is 91.5 cm³/mol. The quantitative estimate of drug-likeness (QED) is 0.447. The minimum atomic E-state index is -0.424. The minimum absolute atomic E-state index is 0.00162. The molecule has 0 saturated heterocycles. The molecule has 2 aromatic rings. The zero-order chi connectivity index (χ0) is 17.7. The molecule has 1 amide bonds. The van der Waals surface area contributed by atoms with Gasteiger partial charge in [-0.2, -0.15) is 5.10 Å². The number of hydrogen-bond acceptors (Lipinski definition) is 5. The largest absolute Gasteiger partial charge is 0.508 e. The molecule has 24 heavy (non-hydrogen) atoms. The molecule has 6 heteroatoms. The fourth-order valence-corrected chi connectivity index (χ4v) is 2.01. The topological polar surface area (TPSA) is 91.2 Å². The van der Waals surface area contributed by atoms with Gasteiger partial charge in [-0.1, -0.05) is 6.07 Å². The van der Waals surface area contributed by atoms with Crippen molar-refractivity contribution in [3.05, 3.63) is 53.1 Å². The molecule has 0 fully saturated rings. The van der Waals surface area contributed by atoms with Crippen LogP contribution in [0.5, 0.6) is 17.2 Å². The van der Waals surface area contributed by atoms with Gasteiger partial charge in [-0.15, -0.1) is 0 Å². The zero-order valence-electron chi connectivity index (χ0n) is 13.8. The second-order valence-electron chi connectivity index (χ2n) is 5.47. The molecular weight excluding hydrogens is 308 g/mol. The Bertz CT molecular complexity index is 785. The van der Waals surface area contributed by atoms with Gasteiger partial charge in [0, 0.05) is 5.56 Å². The lowest BCUT2D eigenvalue weighted by molar-refractivity contribution is -0.123. The van der Waals surface area contributed by atoms with Crippen molar-refractivity contribution in [3.8, 4) is 17.2 Å². The molecule has 0 heterocycles. The normalized spacial score (nSPS) is 11.2. The van der Waals surface area contributed by atoms with Crippen LogP contribution in [0.4, 0.5) is 0 Å². The maximum Gasteiger partial charge on any atom is 0.277 e. The van der Waals surface area contributed by atoms with Crippen LogP contribution in [-0.2, 0) is 4.79 Å². The molecule has 0 aliphatic heterocycles. The summed E-state index contributed by atoms with van der Waals surface area (Å²) in [7, 11) is 0. The van der Waals surface area contributed by atoms with Crippen molar-refractivity contribution in [2.75, 3.05) is 6.61 Å². The molecule has 2 rings (SSSR count). The monoisotopic (exact) mass is 328 g/mol. The van der Waals surface area contributed by atoms with E-state index in [1.165, 1.54) is 18.2 Å². The number of carbonyl (C=O) groups excluding carboxylic acids is 1. The molecule has 0 bridgehead atoms. The molecule has 0 aliphatic rings. The molecule has 0 radical (unpaired) electrons. The smallest absolute Gasteiger partial charge is 0.277 e. The van der Waals surface area contributed by atoms with Crippen LogP contribution < -0.4 is 10.2 Å². The van der Waals surface area contributed by atoms with Crippen LogP contribution in [0.3, 0.4) is 0 Å². The van der Waals surface area contributed by atoms with E-state index in [0.717, 1.165) is 11.1 Å². The molecule has 0 aliphatic carbocycles. The summed E-state index contributed by atoms with van der Waals surface area (Å²) in [6.07, 6.45) is 0. The second-order valence-corrected chi connectivity index (χ2v) is 5.47. The Hall–Kier alpha value is -3.02. The highest BCUT2D eigenvalue weighted by Gasteiger charge is 2.07. The van der Waals surface area contributed by atoms with Crippen molar-refractivity contribution in [1.82, 2.24) is 5.43 Å². The van der Waals surface area contributed by atoms with Crippen molar-refractivity contribution in [1.29, 1.82) is 0 Å². The summed E-state index contributed by atoms with van der Waals surface area (Å²) >= 11 is 0. The number of phenolic OH excluding ortho intramolecular Hbond substituents is 2. The highest BCUT2D eigenvalue weighted by Crippen LogP contribution is 2.22. The molecule has 0 atom stereocenters. The lowest BCUT2D eigenvalue weighted by atomic mass is 10.1. The number of hydrogen-bond donors (Lipinski definition) is 3. The maximum absolute atomic E-state index is 11.8. The molecule has 0 spiro atoms. The van der Waals surface area contributed by atoms with E-state index in [1.807, 2.05) is 26.0 Å². The number of nitrogens with one attached hydrogen (secondary N) is 1. The molecule has 0 aromatic heterocycles. The van der Waals surface area contributed by atoms with E-state index in [0.29, 0.717) is 17.0 Å². The second kappa shape index (κ2) is 7.50. The number of amides is 1. The molecule has 2 aromatic carbocycles. The summed E-state index contributed by atoms with van der Waals surface area (Å²) < 4.78 is 5.41. The van der Waals surface area contributed by atoms with Gasteiger partial charge in [-0.25, -0.2) is 5.43 Å². The Morgan fingerprint density at radius 1 is 1.12 bits per heavy atom. The van der Waals surface area contributed by atoms with E-state index >= 15 is 0 Å². The third-order valence-electron chi connectivity index (χ3n) is 3.57. The number of aromatic hydroxyl groups is 2. The van der Waals surface area contributed by atoms with Crippen LogP contribution >= 0.6 is 0 Å². The van der Waals surface area contributed by atoms with Gasteiger partial charge < -0.3 is 14.9 Å². The Balaban J connectivity index is 1.94. The maximum atomic E-state index is 11.8. The van der Waals surface area contributed by atoms with E-state index in [1.54, 1.807) is 13.0 Å². The lowest BCUT2D eigenvalue weighted by Crippen LogP contribution is -2.25. The van der Waals surface area contributed by atoms with Crippen molar-refractivity contribution in [2.45, 2.75) is 20.8 Å². The minimum Gasteiger partial charge on any atom is -0.508 e. The first-order valence-electron chi connectivity index (χ1n) is 7.42. The van der Waals surface area contributed by atoms with Crippen LogP contribution in [-0.4, -0.2) is 28.4 Å². The standard InChI is InChI=1S/C18H20N2O4/c1-11-4-6-15(8-12(11)2)24-10-18(23)20-19-13(3)16-9-14(21)5-7-17(16)22/h4-9,21-22H,10H2,1-3H3,(H,20,23)/b19-13+. The third-order valence-corrected chi connectivity index (χ3v) is 3.57. The number of hydrazone groups is 1. The van der Waals surface area contributed by atoms with Gasteiger partial charge in [0.25, 0.3) is 5.91 Å². The van der Waals surface area contributed by atoms with Gasteiger partial charge in [-0.05, 0) is 62.2 Å².